The summed E-state index contributed by atoms with van der Waals surface area (Å²) in [5.74, 6) is 0.442. The molecule has 0 radical (unpaired) electrons. The predicted molar refractivity (Wildman–Crippen MR) is 116 cm³/mol. The van der Waals surface area contributed by atoms with Gasteiger partial charge in [-0.15, -0.1) is 0 Å². The van der Waals surface area contributed by atoms with E-state index in [-0.39, 0.29) is 18.5 Å². The summed E-state index contributed by atoms with van der Waals surface area (Å²) >= 11 is 0. The van der Waals surface area contributed by atoms with Crippen LogP contribution in [-0.2, 0) is 4.79 Å². The van der Waals surface area contributed by atoms with Crippen molar-refractivity contribution in [2.24, 2.45) is 0 Å². The van der Waals surface area contributed by atoms with Crippen LogP contribution in [0.25, 0.3) is 0 Å². The van der Waals surface area contributed by atoms with Crippen molar-refractivity contribution in [3.8, 4) is 5.75 Å². The Labute approximate surface area is 169 Å². The molecule has 0 saturated carbocycles. The summed E-state index contributed by atoms with van der Waals surface area (Å²) in [6.45, 7) is 3.88. The van der Waals surface area contributed by atoms with Gasteiger partial charge >= 0.3 is 6.03 Å². The Morgan fingerprint density at radius 1 is 0.724 bits per heavy atom. The van der Waals surface area contributed by atoms with E-state index in [4.69, 9.17) is 4.74 Å². The molecule has 148 valence electrons. The van der Waals surface area contributed by atoms with Crippen molar-refractivity contribution in [2.75, 3.05) is 22.6 Å². The minimum atomic E-state index is -0.338. The number of ether oxygens (including phenoxy) is 1. The van der Waals surface area contributed by atoms with Crippen molar-refractivity contribution in [3.05, 3.63) is 83.9 Å². The van der Waals surface area contributed by atoms with Crippen LogP contribution in [0, 0.1) is 13.8 Å². The third kappa shape index (κ3) is 5.84. The van der Waals surface area contributed by atoms with E-state index in [1.807, 2.05) is 50.2 Å². The van der Waals surface area contributed by atoms with Crippen molar-refractivity contribution in [2.45, 2.75) is 13.8 Å². The number of aryl methyl sites for hydroxylation is 1. The van der Waals surface area contributed by atoms with Crippen LogP contribution >= 0.6 is 0 Å². The van der Waals surface area contributed by atoms with Gasteiger partial charge in [0.15, 0.2) is 6.61 Å². The van der Waals surface area contributed by atoms with Gasteiger partial charge in [-0.1, -0.05) is 30.3 Å². The van der Waals surface area contributed by atoms with Gasteiger partial charge in [-0.05, 0) is 67.4 Å². The maximum atomic E-state index is 12.1. The number of rotatable bonds is 6. The minimum Gasteiger partial charge on any atom is -0.483 e. The quantitative estimate of drug-likeness (QED) is 0.557. The van der Waals surface area contributed by atoms with Gasteiger partial charge in [0.25, 0.3) is 5.91 Å². The molecule has 0 aliphatic heterocycles. The molecule has 0 bridgehead atoms. The summed E-state index contributed by atoms with van der Waals surface area (Å²) in [6, 6.07) is 21.4. The summed E-state index contributed by atoms with van der Waals surface area (Å²) in [5.41, 5.74) is 4.07. The average molecular weight is 389 g/mol. The number of anilines is 3. The van der Waals surface area contributed by atoms with Gasteiger partial charge < -0.3 is 20.7 Å². The van der Waals surface area contributed by atoms with Crippen LogP contribution < -0.4 is 20.7 Å². The Bertz CT molecular complexity index is 986. The van der Waals surface area contributed by atoms with Crippen LogP contribution in [0.3, 0.4) is 0 Å². The highest BCUT2D eigenvalue weighted by Crippen LogP contribution is 2.20. The fourth-order valence-corrected chi connectivity index (χ4v) is 2.67. The molecule has 3 amide bonds. The molecule has 3 N–H and O–H groups in total. The van der Waals surface area contributed by atoms with Gasteiger partial charge in [-0.25, -0.2) is 4.79 Å². The first-order chi connectivity index (χ1) is 14.0. The van der Waals surface area contributed by atoms with Crippen molar-refractivity contribution in [1.82, 2.24) is 0 Å². The molecule has 6 heteroatoms. The number of carbonyl (C=O) groups excluding carboxylic acids is 2. The lowest BCUT2D eigenvalue weighted by Gasteiger charge is -2.11. The zero-order valence-corrected chi connectivity index (χ0v) is 16.4. The van der Waals surface area contributed by atoms with Gasteiger partial charge in [0.1, 0.15) is 5.75 Å². The Hall–Kier alpha value is -3.80. The summed E-state index contributed by atoms with van der Waals surface area (Å²) in [7, 11) is 0. The number of carbonyl (C=O) groups is 2. The standard InChI is InChI=1S/C23H23N3O3/c1-16-7-6-10-21(17(16)2)29-15-22(27)24-19-11-13-20(14-12-19)26-23(28)25-18-8-4-3-5-9-18/h3-14H,15H2,1-2H3,(H,24,27)(H2,25,26,28). The first-order valence-corrected chi connectivity index (χ1v) is 9.23. The topological polar surface area (TPSA) is 79.5 Å². The lowest BCUT2D eigenvalue weighted by Crippen LogP contribution is -2.21. The second-order valence-corrected chi connectivity index (χ2v) is 6.56. The van der Waals surface area contributed by atoms with Gasteiger partial charge in [-0.3, -0.25) is 4.79 Å². The summed E-state index contributed by atoms with van der Waals surface area (Å²) in [4.78, 5) is 24.1. The molecule has 0 aliphatic carbocycles. The largest absolute Gasteiger partial charge is 0.483 e. The maximum absolute atomic E-state index is 12.1. The van der Waals surface area contributed by atoms with Crippen molar-refractivity contribution in [1.29, 1.82) is 0 Å². The Kier molecular flexibility index (Phi) is 6.47. The molecule has 29 heavy (non-hydrogen) atoms. The number of nitrogens with one attached hydrogen (secondary N) is 3. The molecular weight excluding hydrogens is 366 g/mol. The first-order valence-electron chi connectivity index (χ1n) is 9.23. The molecule has 0 fully saturated rings. The molecule has 0 aromatic heterocycles. The molecule has 0 heterocycles. The lowest BCUT2D eigenvalue weighted by atomic mass is 10.1. The molecule has 0 saturated heterocycles. The van der Waals surface area contributed by atoms with Crippen LogP contribution in [0.4, 0.5) is 21.9 Å². The van der Waals surface area contributed by atoms with E-state index >= 15 is 0 Å². The highest BCUT2D eigenvalue weighted by molar-refractivity contribution is 6.00. The van der Waals surface area contributed by atoms with Gasteiger partial charge in [0.05, 0.1) is 0 Å². The summed E-state index contributed by atoms with van der Waals surface area (Å²) < 4.78 is 5.61. The SMILES string of the molecule is Cc1cccc(OCC(=O)Nc2ccc(NC(=O)Nc3ccccc3)cc2)c1C. The fraction of sp³-hybridized carbons (Fsp3) is 0.130. The second-order valence-electron chi connectivity index (χ2n) is 6.56. The van der Waals surface area contributed by atoms with Crippen molar-refractivity contribution < 1.29 is 14.3 Å². The van der Waals surface area contributed by atoms with Crippen LogP contribution in [0.2, 0.25) is 0 Å². The summed E-state index contributed by atoms with van der Waals surface area (Å²) in [5, 5.41) is 8.26. The zero-order chi connectivity index (χ0) is 20.6. The fourth-order valence-electron chi connectivity index (χ4n) is 2.67. The molecule has 0 aliphatic rings. The zero-order valence-electron chi connectivity index (χ0n) is 16.4. The number of amides is 3. The van der Waals surface area contributed by atoms with Gasteiger partial charge in [0.2, 0.25) is 0 Å². The van der Waals surface area contributed by atoms with E-state index in [1.54, 1.807) is 36.4 Å². The average Bonchev–Trinajstić information content (AvgIpc) is 2.71. The number of hydrogen-bond donors (Lipinski definition) is 3. The molecule has 0 atom stereocenters. The smallest absolute Gasteiger partial charge is 0.323 e. The van der Waals surface area contributed by atoms with Crippen LogP contribution in [0.1, 0.15) is 11.1 Å². The number of benzene rings is 3. The second kappa shape index (κ2) is 9.41. The van der Waals surface area contributed by atoms with Crippen LogP contribution in [0.15, 0.2) is 72.8 Å². The van der Waals surface area contributed by atoms with E-state index < -0.39 is 0 Å². The molecule has 0 spiro atoms. The van der Waals surface area contributed by atoms with Crippen molar-refractivity contribution in [3.63, 3.8) is 0 Å². The van der Waals surface area contributed by atoms with E-state index in [0.29, 0.717) is 22.8 Å². The Morgan fingerprint density at radius 3 is 1.97 bits per heavy atom. The number of hydrogen-bond acceptors (Lipinski definition) is 3. The number of para-hydroxylation sites is 1. The Morgan fingerprint density at radius 2 is 1.31 bits per heavy atom. The van der Waals surface area contributed by atoms with E-state index in [1.165, 1.54) is 0 Å². The highest BCUT2D eigenvalue weighted by Gasteiger charge is 2.07. The normalized spacial score (nSPS) is 10.1. The summed E-state index contributed by atoms with van der Waals surface area (Å²) in [6.07, 6.45) is 0. The van der Waals surface area contributed by atoms with Gasteiger partial charge in [-0.2, -0.15) is 0 Å². The van der Waals surface area contributed by atoms with E-state index in [0.717, 1.165) is 11.1 Å². The monoisotopic (exact) mass is 389 g/mol. The predicted octanol–water partition coefficient (Wildman–Crippen LogP) is 4.96. The van der Waals surface area contributed by atoms with Crippen molar-refractivity contribution >= 4 is 29.0 Å². The Balaban J connectivity index is 1.49. The molecule has 3 aromatic carbocycles. The molecule has 6 nitrogen and oxygen atoms in total. The van der Waals surface area contributed by atoms with Gasteiger partial charge in [0, 0.05) is 17.1 Å². The molecule has 3 rings (SSSR count). The highest BCUT2D eigenvalue weighted by atomic mass is 16.5. The first kappa shape index (κ1) is 19.9. The minimum absolute atomic E-state index is 0.0796. The lowest BCUT2D eigenvalue weighted by molar-refractivity contribution is -0.118. The molecular formula is C23H23N3O3. The third-order valence-electron chi connectivity index (χ3n) is 4.37. The molecule has 3 aromatic rings. The van der Waals surface area contributed by atoms with Crippen LogP contribution in [0.5, 0.6) is 5.75 Å². The van der Waals surface area contributed by atoms with Crippen LogP contribution in [-0.4, -0.2) is 18.5 Å². The maximum Gasteiger partial charge on any atom is 0.323 e. The number of urea groups is 1. The van der Waals surface area contributed by atoms with E-state index in [2.05, 4.69) is 16.0 Å². The van der Waals surface area contributed by atoms with E-state index in [9.17, 15) is 9.59 Å². The third-order valence-corrected chi connectivity index (χ3v) is 4.37. The molecule has 0 unspecified atom stereocenters.